The van der Waals surface area contributed by atoms with Gasteiger partial charge in [-0.3, -0.25) is 4.79 Å². The van der Waals surface area contributed by atoms with Gasteiger partial charge in [-0.2, -0.15) is 9.61 Å². The Morgan fingerprint density at radius 2 is 2.08 bits per heavy atom. The molecule has 3 aromatic rings. The largest absolute Gasteiger partial charge is 0.368 e. The van der Waals surface area contributed by atoms with E-state index in [1.54, 1.807) is 4.52 Å². The van der Waals surface area contributed by atoms with Crippen LogP contribution in [0.25, 0.3) is 17.0 Å². The van der Waals surface area contributed by atoms with Crippen molar-refractivity contribution < 1.29 is 9.32 Å². The maximum absolute atomic E-state index is 11.8. The molecule has 1 saturated heterocycles. The van der Waals surface area contributed by atoms with Crippen LogP contribution in [-0.2, 0) is 4.79 Å². The first-order valence-electron chi connectivity index (χ1n) is 8.85. The van der Waals surface area contributed by atoms with Crippen molar-refractivity contribution in [1.29, 1.82) is 0 Å². The normalized spacial score (nSPS) is 14.6. The summed E-state index contributed by atoms with van der Waals surface area (Å²) in [4.78, 5) is 18.3. The molecule has 0 bridgehead atoms. The number of anilines is 1. The number of fused-ring (bicyclic) bond motifs is 1. The second-order valence-corrected chi connectivity index (χ2v) is 6.70. The van der Waals surface area contributed by atoms with Crippen LogP contribution in [0, 0.1) is 20.8 Å². The number of likely N-dealkylation sites (tertiary alicyclic amines) is 1. The molecule has 0 radical (unpaired) electrons. The molecule has 0 aliphatic carbocycles. The van der Waals surface area contributed by atoms with Gasteiger partial charge in [0.15, 0.2) is 5.65 Å². The minimum atomic E-state index is 0.238. The van der Waals surface area contributed by atoms with Crippen molar-refractivity contribution in [3.8, 4) is 11.4 Å². The van der Waals surface area contributed by atoms with Gasteiger partial charge in [-0.25, -0.2) is 4.98 Å². The lowest BCUT2D eigenvalue weighted by Gasteiger charge is -2.18. The van der Waals surface area contributed by atoms with E-state index in [4.69, 9.17) is 4.52 Å². The number of carbonyl (C=O) groups excluding carboxylic acids is 1. The van der Waals surface area contributed by atoms with Crippen molar-refractivity contribution in [1.82, 2.24) is 24.7 Å². The van der Waals surface area contributed by atoms with Crippen LogP contribution in [0.1, 0.15) is 29.9 Å². The second kappa shape index (κ2) is 6.44. The monoisotopic (exact) mass is 354 g/mol. The summed E-state index contributed by atoms with van der Waals surface area (Å²) >= 11 is 0. The highest BCUT2D eigenvalue weighted by Crippen LogP contribution is 2.24. The molecule has 1 fully saturated rings. The molecule has 1 N–H and O–H groups in total. The van der Waals surface area contributed by atoms with Crippen LogP contribution in [0.3, 0.4) is 0 Å². The molecular weight excluding hydrogens is 332 g/mol. The molecule has 0 saturated carbocycles. The van der Waals surface area contributed by atoms with Crippen molar-refractivity contribution in [2.75, 3.05) is 25.0 Å². The fraction of sp³-hybridized carbons (Fsp3) is 0.444. The van der Waals surface area contributed by atoms with Crippen molar-refractivity contribution in [2.45, 2.75) is 33.6 Å². The Labute approximate surface area is 151 Å². The Balaban J connectivity index is 1.62. The van der Waals surface area contributed by atoms with Gasteiger partial charge >= 0.3 is 0 Å². The molecule has 0 spiro atoms. The number of rotatable bonds is 5. The molecule has 0 atom stereocenters. The van der Waals surface area contributed by atoms with Crippen molar-refractivity contribution in [2.24, 2.45) is 0 Å². The highest BCUT2D eigenvalue weighted by atomic mass is 16.5. The minimum absolute atomic E-state index is 0.238. The fourth-order valence-corrected chi connectivity index (χ4v) is 3.27. The van der Waals surface area contributed by atoms with Crippen LogP contribution in [0.2, 0.25) is 0 Å². The number of aromatic nitrogens is 4. The zero-order valence-electron chi connectivity index (χ0n) is 15.2. The van der Waals surface area contributed by atoms with Gasteiger partial charge in [0, 0.05) is 49.4 Å². The van der Waals surface area contributed by atoms with Gasteiger partial charge in [-0.05, 0) is 27.2 Å². The highest BCUT2D eigenvalue weighted by Gasteiger charge is 2.20. The van der Waals surface area contributed by atoms with Crippen LogP contribution in [0.15, 0.2) is 16.7 Å². The number of nitrogens with one attached hydrogen (secondary N) is 1. The average Bonchev–Trinajstić information content (AvgIpc) is 3.31. The standard InChI is InChI=1S/C18H22N6O2/c1-11-9-15(22-26-11)14-10-16-20-13(3)12(2)18(24(16)21-14)19-6-8-23-7-4-5-17(23)25/h9-10,19H,4-8H2,1-3H3. The highest BCUT2D eigenvalue weighted by molar-refractivity contribution is 5.78. The predicted octanol–water partition coefficient (Wildman–Crippen LogP) is 2.34. The maximum Gasteiger partial charge on any atom is 0.222 e. The number of amides is 1. The quantitative estimate of drug-likeness (QED) is 0.756. The van der Waals surface area contributed by atoms with Crippen molar-refractivity contribution in [3.05, 3.63) is 29.2 Å². The summed E-state index contributed by atoms with van der Waals surface area (Å²) in [6, 6.07) is 3.76. The summed E-state index contributed by atoms with van der Waals surface area (Å²) in [7, 11) is 0. The first kappa shape index (κ1) is 16.6. The predicted molar refractivity (Wildman–Crippen MR) is 97.0 cm³/mol. The fourth-order valence-electron chi connectivity index (χ4n) is 3.27. The molecule has 136 valence electrons. The molecule has 26 heavy (non-hydrogen) atoms. The third-order valence-corrected chi connectivity index (χ3v) is 4.82. The summed E-state index contributed by atoms with van der Waals surface area (Å²) in [5.74, 6) is 1.87. The van der Waals surface area contributed by atoms with Gasteiger partial charge in [0.05, 0.1) is 0 Å². The van der Waals surface area contributed by atoms with Gasteiger partial charge in [0.1, 0.15) is 23.0 Å². The molecule has 4 heterocycles. The van der Waals surface area contributed by atoms with E-state index in [1.165, 1.54) is 0 Å². The number of nitrogens with zero attached hydrogens (tertiary/aromatic N) is 5. The zero-order valence-corrected chi connectivity index (χ0v) is 15.2. The van der Waals surface area contributed by atoms with E-state index < -0.39 is 0 Å². The van der Waals surface area contributed by atoms with E-state index in [1.807, 2.05) is 37.8 Å². The molecule has 0 aromatic carbocycles. The van der Waals surface area contributed by atoms with Gasteiger partial charge in [-0.15, -0.1) is 0 Å². The lowest BCUT2D eigenvalue weighted by molar-refractivity contribution is -0.127. The van der Waals surface area contributed by atoms with Crippen LogP contribution in [0.4, 0.5) is 5.82 Å². The van der Waals surface area contributed by atoms with E-state index >= 15 is 0 Å². The SMILES string of the molecule is Cc1cc(-c2cc3nc(C)c(C)c(NCCN4CCCC4=O)n3n2)no1. The lowest BCUT2D eigenvalue weighted by Crippen LogP contribution is -2.30. The average molecular weight is 354 g/mol. The molecule has 8 heteroatoms. The number of carbonyl (C=O) groups is 1. The topological polar surface area (TPSA) is 88.6 Å². The van der Waals surface area contributed by atoms with Gasteiger partial charge in [-0.1, -0.05) is 5.16 Å². The van der Waals surface area contributed by atoms with Gasteiger partial charge < -0.3 is 14.7 Å². The summed E-state index contributed by atoms with van der Waals surface area (Å²) in [5, 5.41) is 12.1. The molecule has 8 nitrogen and oxygen atoms in total. The summed E-state index contributed by atoms with van der Waals surface area (Å²) in [5.41, 5.74) is 4.15. The van der Waals surface area contributed by atoms with E-state index in [0.29, 0.717) is 25.2 Å². The number of hydrogen-bond donors (Lipinski definition) is 1. The van der Waals surface area contributed by atoms with E-state index in [2.05, 4.69) is 20.6 Å². The Hall–Kier alpha value is -2.90. The van der Waals surface area contributed by atoms with E-state index in [0.717, 1.165) is 47.1 Å². The zero-order chi connectivity index (χ0) is 18.3. The van der Waals surface area contributed by atoms with Crippen molar-refractivity contribution in [3.63, 3.8) is 0 Å². The Bertz CT molecular complexity index is 974. The summed E-state index contributed by atoms with van der Waals surface area (Å²) < 4.78 is 6.95. The first-order valence-corrected chi connectivity index (χ1v) is 8.85. The van der Waals surface area contributed by atoms with E-state index in [-0.39, 0.29) is 5.91 Å². The summed E-state index contributed by atoms with van der Waals surface area (Å²) in [6.45, 7) is 8.07. The molecule has 1 amide bonds. The number of aryl methyl sites for hydroxylation is 2. The van der Waals surface area contributed by atoms with Gasteiger partial charge in [0.2, 0.25) is 5.91 Å². The van der Waals surface area contributed by atoms with E-state index in [9.17, 15) is 4.79 Å². The molecule has 0 unspecified atom stereocenters. The molecule has 1 aliphatic rings. The van der Waals surface area contributed by atoms with Crippen LogP contribution < -0.4 is 5.32 Å². The lowest BCUT2D eigenvalue weighted by atomic mass is 10.2. The second-order valence-electron chi connectivity index (χ2n) is 6.70. The summed E-state index contributed by atoms with van der Waals surface area (Å²) in [6.07, 6.45) is 1.62. The Kier molecular flexibility index (Phi) is 4.10. The Morgan fingerprint density at radius 3 is 2.77 bits per heavy atom. The third-order valence-electron chi connectivity index (χ3n) is 4.82. The third kappa shape index (κ3) is 2.91. The molecule has 3 aromatic heterocycles. The molecular formula is C18H22N6O2. The maximum atomic E-state index is 11.8. The van der Waals surface area contributed by atoms with Crippen LogP contribution in [-0.4, -0.2) is 50.2 Å². The smallest absolute Gasteiger partial charge is 0.222 e. The van der Waals surface area contributed by atoms with Crippen LogP contribution in [0.5, 0.6) is 0 Å². The Morgan fingerprint density at radius 1 is 1.23 bits per heavy atom. The minimum Gasteiger partial charge on any atom is -0.368 e. The van der Waals surface area contributed by atoms with Crippen molar-refractivity contribution >= 4 is 17.4 Å². The first-order chi connectivity index (χ1) is 12.5. The molecule has 4 rings (SSSR count). The molecule has 1 aliphatic heterocycles. The number of hydrogen-bond acceptors (Lipinski definition) is 6. The van der Waals surface area contributed by atoms with Crippen LogP contribution >= 0.6 is 0 Å². The van der Waals surface area contributed by atoms with Gasteiger partial charge in [0.25, 0.3) is 0 Å².